The number of halogens is 19. The zero-order valence-corrected chi connectivity index (χ0v) is 70.8. The number of hydrogen-bond donors (Lipinski definition) is 6. The number of carboxylic acids is 1. The maximum atomic E-state index is 13.1. The Kier molecular flexibility index (Phi) is 31.5. The molecule has 4 aliphatic heterocycles. The second-order valence-corrected chi connectivity index (χ2v) is 30.5. The molecule has 1 fully saturated rings. The minimum absolute atomic E-state index is 0. The Balaban J connectivity index is 0.000000172. The van der Waals surface area contributed by atoms with Gasteiger partial charge in [0.15, 0.2) is 22.8 Å². The third-order valence-corrected chi connectivity index (χ3v) is 22.8. The zero-order valence-electron chi connectivity index (χ0n) is 65.5. The van der Waals surface area contributed by atoms with Crippen LogP contribution in [0.25, 0.3) is 11.4 Å². The van der Waals surface area contributed by atoms with Crippen LogP contribution in [0.1, 0.15) is 131 Å². The van der Waals surface area contributed by atoms with Gasteiger partial charge in [-0.2, -0.15) is 93.5 Å². The summed E-state index contributed by atoms with van der Waals surface area (Å²) in [6, 6.07) is 12.4. The van der Waals surface area contributed by atoms with E-state index in [1.54, 1.807) is 33.9 Å². The van der Waals surface area contributed by atoms with Crippen molar-refractivity contribution < 1.29 is 77.0 Å². The number of amides is 3. The second-order valence-electron chi connectivity index (χ2n) is 28.2. The number of fused-ring (bicyclic) bond motifs is 4. The van der Waals surface area contributed by atoms with Crippen molar-refractivity contribution in [2.24, 2.45) is 0 Å². The molecular formula is C74H83Cl7F12N22O5. The number of carbonyl (C=O) groups excluding carboxylic acids is 3. The number of nitrogens with one attached hydrogen (secondary N) is 5. The molecule has 15 rings (SSSR count). The van der Waals surface area contributed by atoms with Crippen LogP contribution < -0.4 is 30.7 Å². The summed E-state index contributed by atoms with van der Waals surface area (Å²) in [6.07, 6.45) is 0.182. The number of rotatable bonds is 12. The van der Waals surface area contributed by atoms with E-state index in [4.69, 9.17) is 74.7 Å². The average molecular weight is 1840 g/mol. The number of carbonyl (C=O) groups is 4. The SMILES string of the molecule is CN[C@@H]1CCCC[C@H]1NC.Cc1c(Cl)c(C(F)(F)F)nn1CC(=O)N1CCCc2[nH]ncc21.Cc1c(Cl)c(C(F)(F)F)nn1CC(=O)O.Cc1cc(-n2cc3c(n2)CCCN3C(=O)Cn2nc(C(F)(F)F)c(Cl)c2C)ccc1Cl.Cc1cc(-n2ncc3c2CCCN3C(=O)Cn2nc(C(F)(F)F)c(Cl)c2C)ccc1Cl.Cl.c1n[nH]c2c1NCCC2. The summed E-state index contributed by atoms with van der Waals surface area (Å²) in [4.78, 5) is 53.3. The van der Waals surface area contributed by atoms with Gasteiger partial charge < -0.3 is 35.8 Å². The smallest absolute Gasteiger partial charge is 0.436 e. The van der Waals surface area contributed by atoms with E-state index in [2.05, 4.69) is 81.0 Å². The van der Waals surface area contributed by atoms with Gasteiger partial charge in [0, 0.05) is 48.3 Å². The lowest BCUT2D eigenvalue weighted by atomic mass is 9.91. The van der Waals surface area contributed by atoms with Gasteiger partial charge >= 0.3 is 30.7 Å². The first-order valence-corrected chi connectivity index (χ1v) is 39.4. The summed E-state index contributed by atoms with van der Waals surface area (Å²) in [7, 11) is 4.11. The highest BCUT2D eigenvalue weighted by Gasteiger charge is 2.43. The fourth-order valence-corrected chi connectivity index (χ4v) is 15.0. The largest absolute Gasteiger partial charge is 0.480 e. The van der Waals surface area contributed by atoms with Gasteiger partial charge in [0.2, 0.25) is 17.7 Å². The molecule has 1 saturated carbocycles. The molecule has 0 radical (unpaired) electrons. The van der Waals surface area contributed by atoms with Crippen molar-refractivity contribution in [3.63, 3.8) is 0 Å². The molecule has 0 saturated heterocycles. The third-order valence-electron chi connectivity index (χ3n) is 20.2. The molecule has 3 amide bonds. The van der Waals surface area contributed by atoms with Gasteiger partial charge in [-0.15, -0.1) is 12.4 Å². The summed E-state index contributed by atoms with van der Waals surface area (Å²) in [6.45, 7) is 10.0. The van der Waals surface area contributed by atoms with E-state index in [1.165, 1.54) is 92.1 Å². The van der Waals surface area contributed by atoms with Gasteiger partial charge in [0.05, 0.1) is 125 Å². The quantitative estimate of drug-likeness (QED) is 0.0620. The second kappa shape index (κ2) is 39.8. The number of benzene rings is 2. The van der Waals surface area contributed by atoms with Gasteiger partial charge in [-0.25, -0.2) is 9.36 Å². The van der Waals surface area contributed by atoms with Gasteiger partial charge in [-0.3, -0.25) is 48.1 Å². The summed E-state index contributed by atoms with van der Waals surface area (Å²) in [5.74, 6) is -2.41. The lowest BCUT2D eigenvalue weighted by Crippen LogP contribution is -2.47. The molecular weight excluding hydrogens is 1750 g/mol. The zero-order chi connectivity index (χ0) is 87.1. The molecule has 46 heteroatoms. The van der Waals surface area contributed by atoms with Crippen LogP contribution in [0.4, 0.5) is 75.4 Å². The molecule has 5 aliphatic rings. The van der Waals surface area contributed by atoms with Crippen LogP contribution >= 0.6 is 82.0 Å². The first-order chi connectivity index (χ1) is 56.0. The Morgan fingerprint density at radius 3 is 1.32 bits per heavy atom. The predicted molar refractivity (Wildman–Crippen MR) is 430 cm³/mol. The first-order valence-electron chi connectivity index (χ1n) is 37.2. The van der Waals surface area contributed by atoms with Crippen molar-refractivity contribution in [3.8, 4) is 11.4 Å². The fourth-order valence-electron chi connectivity index (χ4n) is 13.8. The van der Waals surface area contributed by atoms with E-state index in [9.17, 15) is 71.9 Å². The van der Waals surface area contributed by atoms with Gasteiger partial charge in [-0.05, 0) is 167 Å². The molecule has 0 bridgehead atoms. The number of likely N-dealkylation sites (N-methyl/N-ethyl adjacent to an activating group) is 2. The van der Waals surface area contributed by atoms with Crippen LogP contribution in [-0.2, 0) is 95.7 Å². The molecule has 0 unspecified atom stereocenters. The highest BCUT2D eigenvalue weighted by molar-refractivity contribution is 6.33. The molecule has 120 heavy (non-hydrogen) atoms. The lowest BCUT2D eigenvalue weighted by molar-refractivity contribution is -0.143. The molecule has 8 aromatic heterocycles. The number of aromatic amines is 2. The normalized spacial score (nSPS) is 15.7. The Morgan fingerprint density at radius 2 is 0.883 bits per heavy atom. The van der Waals surface area contributed by atoms with Crippen LogP contribution in [0, 0.1) is 41.5 Å². The molecule has 2 aromatic carbocycles. The van der Waals surface area contributed by atoms with E-state index in [0.29, 0.717) is 89.2 Å². The highest BCUT2D eigenvalue weighted by atomic mass is 35.5. The minimum Gasteiger partial charge on any atom is -0.480 e. The molecule has 1 aliphatic carbocycles. The Bertz CT molecular complexity index is 5160. The van der Waals surface area contributed by atoms with Crippen molar-refractivity contribution in [1.82, 2.24) is 89.7 Å². The predicted octanol–water partition coefficient (Wildman–Crippen LogP) is 16.4. The van der Waals surface area contributed by atoms with Crippen LogP contribution in [0.5, 0.6) is 0 Å². The van der Waals surface area contributed by atoms with Crippen LogP contribution in [0.15, 0.2) is 61.2 Å². The first kappa shape index (κ1) is 94.8. The fraction of sp³-hybridized carbons (Fsp3) is 0.459. The topological polar surface area (TPSA) is 299 Å². The third kappa shape index (κ3) is 22.4. The van der Waals surface area contributed by atoms with Gasteiger partial charge in [0.25, 0.3) is 0 Å². The number of H-pyrrole nitrogens is 2. The Morgan fingerprint density at radius 1 is 0.483 bits per heavy atom. The number of carboxylic acid groups (broad SMARTS) is 1. The Hall–Kier alpha value is -9.09. The average Bonchev–Trinajstić information content (AvgIpc) is 1.62. The van der Waals surface area contributed by atoms with Crippen LogP contribution in [0.3, 0.4) is 0 Å². The molecule has 10 aromatic rings. The van der Waals surface area contributed by atoms with Crippen LogP contribution in [-0.4, -0.2) is 160 Å². The van der Waals surface area contributed by atoms with E-state index in [1.807, 2.05) is 44.3 Å². The molecule has 0 spiro atoms. The van der Waals surface area contributed by atoms with Crippen molar-refractivity contribution in [2.75, 3.05) is 60.3 Å². The van der Waals surface area contributed by atoms with Crippen molar-refractivity contribution in [2.45, 2.75) is 182 Å². The number of nitrogens with zero attached hydrogens (tertiary/aromatic N) is 17. The number of aliphatic carboxylic acids is 1. The van der Waals surface area contributed by atoms with E-state index >= 15 is 0 Å². The van der Waals surface area contributed by atoms with E-state index in [0.717, 1.165) is 79.4 Å². The molecule has 652 valence electrons. The van der Waals surface area contributed by atoms with Gasteiger partial charge in [0.1, 0.15) is 26.2 Å². The summed E-state index contributed by atoms with van der Waals surface area (Å²) in [5.41, 5.74) is 5.68. The summed E-state index contributed by atoms with van der Waals surface area (Å²) >= 11 is 34.9. The summed E-state index contributed by atoms with van der Waals surface area (Å²) < 4.78 is 161. The number of hydrogen-bond acceptors (Lipinski definition) is 15. The maximum absolute atomic E-state index is 13.1. The summed E-state index contributed by atoms with van der Waals surface area (Å²) in [5, 5.41) is 53.8. The number of alkyl halides is 12. The minimum atomic E-state index is -4.69. The number of aromatic nitrogens is 16. The Labute approximate surface area is 715 Å². The lowest BCUT2D eigenvalue weighted by Gasteiger charge is -2.30. The molecule has 27 nitrogen and oxygen atoms in total. The number of anilines is 4. The molecule has 2 atom stereocenters. The molecule has 12 heterocycles. The van der Waals surface area contributed by atoms with Crippen molar-refractivity contribution in [3.05, 3.63) is 171 Å². The van der Waals surface area contributed by atoms with Crippen molar-refractivity contribution >= 4 is 128 Å². The van der Waals surface area contributed by atoms with Crippen molar-refractivity contribution in [1.29, 1.82) is 0 Å². The van der Waals surface area contributed by atoms with E-state index < -0.39 is 80.1 Å². The maximum Gasteiger partial charge on any atom is 0.436 e. The molecule has 6 N–H and O–H groups in total. The van der Waals surface area contributed by atoms with Gasteiger partial charge in [-0.1, -0.05) is 82.4 Å². The number of aryl methyl sites for hydroxylation is 5. The monoisotopic (exact) mass is 1830 g/mol. The van der Waals surface area contributed by atoms with Crippen LogP contribution in [0.2, 0.25) is 30.1 Å². The standard InChI is InChI=1S/2C20H18Cl2F3N5O.C13H13ClF3N5O.C8H18N2.C7H6ClF3N2O2.C6H9N3.ClH/c1-11-8-13(5-6-14(11)21)30-9-16-15(26-30)4-3-7-28(16)17(31)10-29-12(2)18(22)19(27-29)20(23,24)25;1-11-8-13(5-6-14(11)21)30-15-4-3-7-28(16(15)9-26-30)17(31)10-29-12(2)18(22)19(27-29)20(23,24)25;1-7-11(14)12(13(15,16)17)20-22(7)6-10(23)21-4-2-3-8-9(21)5-18-19-8;1-9-7-5-3-4-6-8(7)10-2;1-3-5(8)6(7(9,10)11)12-13(3)2-4(14)15;1-2-5-6(7-3-1)4-8-9-5;/h2*5-6,8-9H,3-4,7,10H2,1-2H3;5H,2-4,6H2,1H3,(H,18,19);7-10H,3-6H2,1-2H3;2H2,1H3,(H,14,15);4,7H,1-3H2,(H,8,9);1H/t;;;7-,8-;;;/m...1.../s1. The highest BCUT2D eigenvalue weighted by Crippen LogP contribution is 2.41. The van der Waals surface area contributed by atoms with E-state index in [-0.39, 0.29) is 72.5 Å².